The van der Waals surface area contributed by atoms with E-state index in [1.54, 1.807) is 5.01 Å². The van der Waals surface area contributed by atoms with Crippen molar-refractivity contribution >= 4 is 12.4 Å². The van der Waals surface area contributed by atoms with Crippen LogP contribution in [0.2, 0.25) is 0 Å². The van der Waals surface area contributed by atoms with E-state index in [0.717, 1.165) is 18.6 Å². The van der Waals surface area contributed by atoms with Crippen LogP contribution in [0.25, 0.3) is 0 Å². The maximum absolute atomic E-state index is 6.31. The quantitative estimate of drug-likeness (QED) is 0.746. The van der Waals surface area contributed by atoms with E-state index >= 15 is 0 Å². The molecule has 4 rings (SSSR count). The monoisotopic (exact) mass is 288 g/mol. The number of allylic oxidation sites excluding steroid dienone is 3. The molecule has 0 radical (unpaired) electrons. The molecule has 1 aromatic rings. The van der Waals surface area contributed by atoms with Crippen molar-refractivity contribution in [3.05, 3.63) is 65.4 Å². The molecule has 0 saturated heterocycles. The molecule has 0 aromatic heterocycles. The van der Waals surface area contributed by atoms with Crippen LogP contribution in [0.4, 0.5) is 0 Å². The van der Waals surface area contributed by atoms with Crippen LogP contribution in [-0.4, -0.2) is 17.2 Å². The number of rotatable bonds is 0. The molecule has 0 amide bonds. The summed E-state index contributed by atoms with van der Waals surface area (Å²) in [4.78, 5) is 0. The Bertz CT molecular complexity index is 608. The van der Waals surface area contributed by atoms with E-state index in [0.29, 0.717) is 6.54 Å². The van der Waals surface area contributed by atoms with E-state index in [4.69, 9.17) is 10.6 Å². The van der Waals surface area contributed by atoms with Gasteiger partial charge in [-0.3, -0.25) is 0 Å². The molecule has 1 spiro atoms. The topological polar surface area (TPSA) is 38.5 Å². The summed E-state index contributed by atoms with van der Waals surface area (Å²) in [7, 11) is 0. The minimum Gasteiger partial charge on any atom is -0.480 e. The highest BCUT2D eigenvalue weighted by atomic mass is 35.5. The van der Waals surface area contributed by atoms with Crippen LogP contribution in [0.5, 0.6) is 5.75 Å². The highest BCUT2D eigenvalue weighted by molar-refractivity contribution is 5.85. The zero-order chi connectivity index (χ0) is 12.9. The van der Waals surface area contributed by atoms with Crippen molar-refractivity contribution in [1.82, 2.24) is 5.01 Å². The zero-order valence-electron chi connectivity index (χ0n) is 11.1. The number of ether oxygens (including phenoxy) is 1. The van der Waals surface area contributed by atoms with E-state index in [1.165, 1.54) is 16.7 Å². The van der Waals surface area contributed by atoms with Gasteiger partial charge in [-0.25, -0.2) is 5.84 Å². The standard InChI is InChI=1S/C16H16N2O.ClH/c17-18-10-13-6-1-3-7-14(13)16(11-18)9-12-5-2-4-8-15(12)19-16;/h1-5,7-8,10H,6,9,11,17H2;1H. The number of benzene rings is 1. The highest BCUT2D eigenvalue weighted by Gasteiger charge is 2.46. The number of hydrogen-bond donors (Lipinski definition) is 1. The fourth-order valence-electron chi connectivity index (χ4n) is 3.31. The second kappa shape index (κ2) is 4.69. The molecule has 3 aliphatic rings. The first kappa shape index (κ1) is 13.3. The molecule has 0 fully saturated rings. The molecule has 104 valence electrons. The van der Waals surface area contributed by atoms with Gasteiger partial charge in [-0.1, -0.05) is 36.4 Å². The molecule has 1 unspecified atom stereocenters. The van der Waals surface area contributed by atoms with Gasteiger partial charge in [0, 0.05) is 18.2 Å². The van der Waals surface area contributed by atoms with E-state index in [-0.39, 0.29) is 18.0 Å². The third-order valence-corrected chi connectivity index (χ3v) is 4.09. The largest absolute Gasteiger partial charge is 0.480 e. The molecule has 1 atom stereocenters. The van der Waals surface area contributed by atoms with Crippen molar-refractivity contribution in [2.24, 2.45) is 5.84 Å². The van der Waals surface area contributed by atoms with Crippen LogP contribution in [-0.2, 0) is 6.42 Å². The van der Waals surface area contributed by atoms with Crippen LogP contribution in [0.15, 0.2) is 59.8 Å². The summed E-state index contributed by atoms with van der Waals surface area (Å²) < 4.78 is 6.31. The Kier molecular flexibility index (Phi) is 3.11. The second-order valence-electron chi connectivity index (χ2n) is 5.42. The van der Waals surface area contributed by atoms with E-state index < -0.39 is 0 Å². The fourth-order valence-corrected chi connectivity index (χ4v) is 3.31. The maximum atomic E-state index is 6.31. The van der Waals surface area contributed by atoms with Gasteiger partial charge in [-0.15, -0.1) is 12.4 Å². The predicted molar refractivity (Wildman–Crippen MR) is 81.6 cm³/mol. The van der Waals surface area contributed by atoms with Gasteiger partial charge in [-0.2, -0.15) is 0 Å². The average Bonchev–Trinajstić information content (AvgIpc) is 2.76. The molecule has 20 heavy (non-hydrogen) atoms. The van der Waals surface area contributed by atoms with E-state index in [2.05, 4.69) is 30.4 Å². The third kappa shape index (κ3) is 1.86. The van der Waals surface area contributed by atoms with Gasteiger partial charge >= 0.3 is 0 Å². The summed E-state index contributed by atoms with van der Waals surface area (Å²) >= 11 is 0. The average molecular weight is 289 g/mol. The van der Waals surface area contributed by atoms with Gasteiger partial charge in [0.1, 0.15) is 5.75 Å². The first-order valence-corrected chi connectivity index (χ1v) is 6.63. The first-order valence-electron chi connectivity index (χ1n) is 6.63. The molecule has 0 bridgehead atoms. The molecule has 2 heterocycles. The molecular weight excluding hydrogens is 272 g/mol. The Labute approximate surface area is 124 Å². The maximum Gasteiger partial charge on any atom is 0.157 e. The lowest BCUT2D eigenvalue weighted by Crippen LogP contribution is -2.52. The summed E-state index contributed by atoms with van der Waals surface area (Å²) in [5.41, 5.74) is 3.51. The van der Waals surface area contributed by atoms with E-state index in [9.17, 15) is 0 Å². The van der Waals surface area contributed by atoms with Gasteiger partial charge < -0.3 is 9.75 Å². The molecular formula is C16H17ClN2O. The van der Waals surface area contributed by atoms with Gasteiger partial charge in [0.15, 0.2) is 5.60 Å². The van der Waals surface area contributed by atoms with Crippen LogP contribution in [0.1, 0.15) is 12.0 Å². The van der Waals surface area contributed by atoms with E-state index in [1.807, 2.05) is 18.3 Å². The molecule has 4 heteroatoms. The lowest BCUT2D eigenvalue weighted by atomic mass is 9.79. The van der Waals surface area contributed by atoms with Gasteiger partial charge in [0.05, 0.1) is 6.54 Å². The Balaban J connectivity index is 0.00000121. The summed E-state index contributed by atoms with van der Waals surface area (Å²) in [6, 6.07) is 8.27. The first-order chi connectivity index (χ1) is 9.27. The van der Waals surface area contributed by atoms with Crippen molar-refractivity contribution < 1.29 is 4.74 Å². The Hall–Kier alpha value is -1.71. The molecule has 1 aliphatic carbocycles. The van der Waals surface area contributed by atoms with Gasteiger partial charge in [0.25, 0.3) is 0 Å². The number of para-hydroxylation sites is 1. The van der Waals surface area contributed by atoms with Gasteiger partial charge in [-0.05, 0) is 23.6 Å². The number of fused-ring (bicyclic) bond motifs is 3. The smallest absolute Gasteiger partial charge is 0.157 e. The molecule has 0 saturated carbocycles. The minimum atomic E-state index is -0.312. The molecule has 3 nitrogen and oxygen atoms in total. The van der Waals surface area contributed by atoms with Crippen molar-refractivity contribution in [2.45, 2.75) is 18.4 Å². The minimum absolute atomic E-state index is 0. The third-order valence-electron chi connectivity index (χ3n) is 4.09. The molecule has 2 aliphatic heterocycles. The summed E-state index contributed by atoms with van der Waals surface area (Å²) in [6.07, 6.45) is 10.3. The number of nitrogens with two attached hydrogens (primary N) is 1. The summed E-state index contributed by atoms with van der Waals surface area (Å²) in [6.45, 7) is 0.699. The summed E-state index contributed by atoms with van der Waals surface area (Å²) in [5, 5.41) is 1.76. The molecule has 1 aromatic carbocycles. The highest BCUT2D eigenvalue weighted by Crippen LogP contribution is 2.45. The zero-order valence-corrected chi connectivity index (χ0v) is 11.9. The Morgan fingerprint density at radius 1 is 1.25 bits per heavy atom. The van der Waals surface area contributed by atoms with Crippen LogP contribution in [0, 0.1) is 0 Å². The number of nitrogens with zero attached hydrogens (tertiary/aromatic N) is 1. The SMILES string of the molecule is Cl.NN1C=C2CC=CC=C2C2(Cc3ccccc3O2)C1. The van der Waals surface area contributed by atoms with Crippen molar-refractivity contribution in [3.63, 3.8) is 0 Å². The van der Waals surface area contributed by atoms with Crippen LogP contribution < -0.4 is 10.6 Å². The lowest BCUT2D eigenvalue weighted by Gasteiger charge is -2.40. The van der Waals surface area contributed by atoms with Crippen LogP contribution in [0.3, 0.4) is 0 Å². The second-order valence-corrected chi connectivity index (χ2v) is 5.42. The fraction of sp³-hybridized carbons (Fsp3) is 0.250. The Morgan fingerprint density at radius 3 is 2.95 bits per heavy atom. The van der Waals surface area contributed by atoms with Crippen molar-refractivity contribution in [2.75, 3.05) is 6.54 Å². The van der Waals surface area contributed by atoms with Gasteiger partial charge in [0.2, 0.25) is 0 Å². The number of halogens is 1. The summed E-state index contributed by atoms with van der Waals surface area (Å²) in [5.74, 6) is 7.05. The number of hydrogen-bond acceptors (Lipinski definition) is 3. The normalized spacial score (nSPS) is 26.1. The molecule has 2 N–H and O–H groups in total. The van der Waals surface area contributed by atoms with Crippen molar-refractivity contribution in [1.29, 1.82) is 0 Å². The van der Waals surface area contributed by atoms with Crippen LogP contribution >= 0.6 is 12.4 Å². The number of hydrazine groups is 1. The lowest BCUT2D eigenvalue weighted by molar-refractivity contribution is 0.0902. The van der Waals surface area contributed by atoms with Crippen molar-refractivity contribution in [3.8, 4) is 5.75 Å². The Morgan fingerprint density at radius 2 is 2.10 bits per heavy atom. The predicted octanol–water partition coefficient (Wildman–Crippen LogP) is 2.74.